The zero-order valence-corrected chi connectivity index (χ0v) is 16.2. The number of carbonyl (C=O) groups is 2. The van der Waals surface area contributed by atoms with Crippen molar-refractivity contribution in [2.75, 3.05) is 25.0 Å². The summed E-state index contributed by atoms with van der Waals surface area (Å²) in [5.41, 5.74) is 3.20. The van der Waals surface area contributed by atoms with Crippen LogP contribution in [0.15, 0.2) is 48.5 Å². The van der Waals surface area contributed by atoms with Crippen LogP contribution in [0.1, 0.15) is 53.0 Å². The standard InChI is InChI=1S/C22H28N2O2/c1-5-7-15-23(4)21(25)18-11-13-19(14-12-18)22(26)24(6-2)20-10-8-9-17(3)16-20/h8-14,16H,5-7,15H2,1-4H3. The molecule has 0 saturated carbocycles. The van der Waals surface area contributed by atoms with Gasteiger partial charge in [0.15, 0.2) is 0 Å². The van der Waals surface area contributed by atoms with Crippen molar-refractivity contribution in [1.82, 2.24) is 4.90 Å². The Balaban J connectivity index is 2.16. The fourth-order valence-electron chi connectivity index (χ4n) is 2.87. The third kappa shape index (κ3) is 4.72. The van der Waals surface area contributed by atoms with E-state index in [1.807, 2.05) is 45.2 Å². The SMILES string of the molecule is CCCCN(C)C(=O)c1ccc(C(=O)N(CC)c2cccc(C)c2)cc1. The minimum atomic E-state index is -0.0589. The maximum absolute atomic E-state index is 12.9. The molecule has 138 valence electrons. The molecule has 0 heterocycles. The van der Waals surface area contributed by atoms with E-state index in [9.17, 15) is 9.59 Å². The van der Waals surface area contributed by atoms with E-state index in [-0.39, 0.29) is 11.8 Å². The largest absolute Gasteiger partial charge is 0.342 e. The molecule has 4 nitrogen and oxygen atoms in total. The molecule has 0 bridgehead atoms. The predicted molar refractivity (Wildman–Crippen MR) is 107 cm³/mol. The number of hydrogen-bond acceptors (Lipinski definition) is 2. The highest BCUT2D eigenvalue weighted by molar-refractivity contribution is 6.06. The molecule has 0 aliphatic rings. The van der Waals surface area contributed by atoms with Crippen LogP contribution in [0.2, 0.25) is 0 Å². The first-order valence-electron chi connectivity index (χ1n) is 9.22. The first-order chi connectivity index (χ1) is 12.5. The number of aryl methyl sites for hydroxylation is 1. The van der Waals surface area contributed by atoms with Crippen LogP contribution in [-0.2, 0) is 0 Å². The summed E-state index contributed by atoms with van der Waals surface area (Å²) < 4.78 is 0. The summed E-state index contributed by atoms with van der Waals surface area (Å²) in [6.07, 6.45) is 2.04. The number of rotatable bonds is 7. The second-order valence-electron chi connectivity index (χ2n) is 6.55. The van der Waals surface area contributed by atoms with E-state index in [2.05, 4.69) is 6.92 Å². The average Bonchev–Trinajstić information content (AvgIpc) is 2.66. The molecule has 0 N–H and O–H groups in total. The lowest BCUT2D eigenvalue weighted by atomic mass is 10.1. The third-order valence-electron chi connectivity index (χ3n) is 4.45. The number of anilines is 1. The highest BCUT2D eigenvalue weighted by Crippen LogP contribution is 2.19. The van der Waals surface area contributed by atoms with E-state index in [0.29, 0.717) is 17.7 Å². The lowest BCUT2D eigenvalue weighted by Crippen LogP contribution is -2.31. The third-order valence-corrected chi connectivity index (χ3v) is 4.45. The summed E-state index contributed by atoms with van der Waals surface area (Å²) >= 11 is 0. The normalized spacial score (nSPS) is 10.5. The number of nitrogens with zero attached hydrogens (tertiary/aromatic N) is 2. The van der Waals surface area contributed by atoms with Gasteiger partial charge in [-0.3, -0.25) is 9.59 Å². The van der Waals surface area contributed by atoms with Gasteiger partial charge in [-0.05, 0) is 62.2 Å². The molecule has 0 aromatic heterocycles. The molecule has 2 aromatic carbocycles. The minimum Gasteiger partial charge on any atom is -0.342 e. The molecule has 2 rings (SSSR count). The van der Waals surface area contributed by atoms with Crippen LogP contribution in [0.5, 0.6) is 0 Å². The van der Waals surface area contributed by atoms with E-state index < -0.39 is 0 Å². The molecule has 0 aliphatic carbocycles. The Morgan fingerprint density at radius 2 is 1.54 bits per heavy atom. The summed E-state index contributed by atoms with van der Waals surface area (Å²) in [4.78, 5) is 28.8. The average molecular weight is 352 g/mol. The van der Waals surface area contributed by atoms with Crippen LogP contribution < -0.4 is 4.90 Å². The number of amides is 2. The first kappa shape index (κ1) is 19.7. The molecule has 2 amide bonds. The first-order valence-corrected chi connectivity index (χ1v) is 9.22. The molecule has 0 spiro atoms. The number of benzene rings is 2. The van der Waals surface area contributed by atoms with E-state index >= 15 is 0 Å². The smallest absolute Gasteiger partial charge is 0.258 e. The van der Waals surface area contributed by atoms with E-state index in [1.54, 1.807) is 34.1 Å². The van der Waals surface area contributed by atoms with Gasteiger partial charge in [-0.25, -0.2) is 0 Å². The van der Waals surface area contributed by atoms with E-state index in [4.69, 9.17) is 0 Å². The van der Waals surface area contributed by atoms with Crippen molar-refractivity contribution >= 4 is 17.5 Å². The van der Waals surface area contributed by atoms with Crippen molar-refractivity contribution < 1.29 is 9.59 Å². The summed E-state index contributed by atoms with van der Waals surface area (Å²) in [5, 5.41) is 0. The maximum atomic E-state index is 12.9. The molecular weight excluding hydrogens is 324 g/mol. The predicted octanol–water partition coefficient (Wildman–Crippen LogP) is 4.53. The molecular formula is C22H28N2O2. The Hall–Kier alpha value is -2.62. The summed E-state index contributed by atoms with van der Waals surface area (Å²) in [6.45, 7) is 7.40. The highest BCUT2D eigenvalue weighted by Gasteiger charge is 2.17. The summed E-state index contributed by atoms with van der Waals surface area (Å²) in [7, 11) is 1.81. The fourth-order valence-corrected chi connectivity index (χ4v) is 2.87. The van der Waals surface area contributed by atoms with Gasteiger partial charge in [-0.1, -0.05) is 25.5 Å². The fraction of sp³-hybridized carbons (Fsp3) is 0.364. The molecule has 0 radical (unpaired) electrons. The van der Waals surface area contributed by atoms with Gasteiger partial charge in [-0.15, -0.1) is 0 Å². The Labute approximate surface area is 156 Å². The zero-order valence-electron chi connectivity index (χ0n) is 16.2. The van der Waals surface area contributed by atoms with Crippen molar-refractivity contribution in [3.8, 4) is 0 Å². The highest BCUT2D eigenvalue weighted by atomic mass is 16.2. The number of hydrogen-bond donors (Lipinski definition) is 0. The zero-order chi connectivity index (χ0) is 19.1. The van der Waals surface area contributed by atoms with Gasteiger partial charge in [-0.2, -0.15) is 0 Å². The topological polar surface area (TPSA) is 40.6 Å². The monoisotopic (exact) mass is 352 g/mol. The van der Waals surface area contributed by atoms with E-state index in [0.717, 1.165) is 30.6 Å². The quantitative estimate of drug-likeness (QED) is 0.734. The second kappa shape index (κ2) is 9.18. The summed E-state index contributed by atoms with van der Waals surface area (Å²) in [5.74, 6) is -0.0695. The van der Waals surface area contributed by atoms with Gasteiger partial charge in [0, 0.05) is 37.0 Å². The van der Waals surface area contributed by atoms with Crippen LogP contribution in [0.25, 0.3) is 0 Å². The number of carbonyl (C=O) groups excluding carboxylic acids is 2. The van der Waals surface area contributed by atoms with Crippen LogP contribution in [0.4, 0.5) is 5.69 Å². The lowest BCUT2D eigenvalue weighted by Gasteiger charge is -2.22. The Morgan fingerprint density at radius 1 is 0.923 bits per heavy atom. The van der Waals surface area contributed by atoms with Crippen LogP contribution >= 0.6 is 0 Å². The van der Waals surface area contributed by atoms with Gasteiger partial charge in [0.1, 0.15) is 0 Å². The van der Waals surface area contributed by atoms with Crippen LogP contribution in [0.3, 0.4) is 0 Å². The molecule has 26 heavy (non-hydrogen) atoms. The molecule has 0 atom stereocenters. The van der Waals surface area contributed by atoms with Gasteiger partial charge in [0.25, 0.3) is 11.8 Å². The maximum Gasteiger partial charge on any atom is 0.258 e. The minimum absolute atomic E-state index is 0.0107. The van der Waals surface area contributed by atoms with Crippen molar-refractivity contribution in [2.45, 2.75) is 33.6 Å². The molecule has 0 saturated heterocycles. The molecule has 0 unspecified atom stereocenters. The molecule has 0 fully saturated rings. The Bertz CT molecular complexity index is 753. The second-order valence-corrected chi connectivity index (χ2v) is 6.55. The Morgan fingerprint density at radius 3 is 2.08 bits per heavy atom. The lowest BCUT2D eigenvalue weighted by molar-refractivity contribution is 0.0792. The van der Waals surface area contributed by atoms with Gasteiger partial charge < -0.3 is 9.80 Å². The summed E-state index contributed by atoms with van der Waals surface area (Å²) in [6, 6.07) is 14.9. The van der Waals surface area contributed by atoms with Crippen molar-refractivity contribution in [3.63, 3.8) is 0 Å². The Kier molecular flexibility index (Phi) is 6.96. The van der Waals surface area contributed by atoms with Crippen molar-refractivity contribution in [1.29, 1.82) is 0 Å². The molecule has 4 heteroatoms. The van der Waals surface area contributed by atoms with Gasteiger partial charge in [0.2, 0.25) is 0 Å². The van der Waals surface area contributed by atoms with Crippen molar-refractivity contribution in [2.24, 2.45) is 0 Å². The molecule has 2 aromatic rings. The van der Waals surface area contributed by atoms with Crippen molar-refractivity contribution in [3.05, 3.63) is 65.2 Å². The van der Waals surface area contributed by atoms with Crippen LogP contribution in [-0.4, -0.2) is 36.9 Å². The van der Waals surface area contributed by atoms with Crippen LogP contribution in [0, 0.1) is 6.92 Å². The van der Waals surface area contributed by atoms with Gasteiger partial charge >= 0.3 is 0 Å². The van der Waals surface area contributed by atoms with E-state index in [1.165, 1.54) is 0 Å². The molecule has 0 aliphatic heterocycles. The number of unbranched alkanes of at least 4 members (excludes halogenated alkanes) is 1. The van der Waals surface area contributed by atoms with Gasteiger partial charge in [0.05, 0.1) is 0 Å².